The third-order valence-electron chi connectivity index (χ3n) is 2.92. The summed E-state index contributed by atoms with van der Waals surface area (Å²) in [6.45, 7) is 0.784. The van der Waals surface area contributed by atoms with Gasteiger partial charge in [-0.1, -0.05) is 30.3 Å². The Morgan fingerprint density at radius 2 is 1.95 bits per heavy atom. The fourth-order valence-corrected chi connectivity index (χ4v) is 1.88. The number of hydrogen-bond acceptors (Lipinski definition) is 3. The Bertz CT molecular complexity index is 573. The minimum atomic E-state index is 0.633. The largest absolute Gasteiger partial charge is 0.497 e. The van der Waals surface area contributed by atoms with E-state index in [0.29, 0.717) is 5.56 Å². The van der Waals surface area contributed by atoms with Crippen LogP contribution in [0.1, 0.15) is 11.1 Å². The van der Waals surface area contributed by atoms with Crippen molar-refractivity contribution in [3.05, 3.63) is 59.7 Å². The minimum Gasteiger partial charge on any atom is -0.497 e. The molecule has 0 saturated carbocycles. The molecule has 0 heterocycles. The minimum absolute atomic E-state index is 0.633. The van der Waals surface area contributed by atoms with E-state index in [2.05, 4.69) is 23.5 Å². The van der Waals surface area contributed by atoms with Crippen LogP contribution in [-0.4, -0.2) is 13.7 Å². The topological polar surface area (TPSA) is 45.0 Å². The molecule has 0 radical (unpaired) electrons. The number of anilines is 1. The molecule has 2 aromatic rings. The number of nitrogens with one attached hydrogen (secondary N) is 1. The van der Waals surface area contributed by atoms with Gasteiger partial charge in [0.2, 0.25) is 0 Å². The molecule has 19 heavy (non-hydrogen) atoms. The monoisotopic (exact) mass is 252 g/mol. The zero-order chi connectivity index (χ0) is 13.5. The maximum absolute atomic E-state index is 9.07. The third kappa shape index (κ3) is 3.49. The van der Waals surface area contributed by atoms with Crippen LogP contribution in [-0.2, 0) is 6.42 Å². The highest BCUT2D eigenvalue weighted by molar-refractivity contribution is 5.60. The molecule has 0 fully saturated rings. The summed E-state index contributed by atoms with van der Waals surface area (Å²) in [5.74, 6) is 0.751. The SMILES string of the molecule is COc1ccc(C#N)c(NCCc2ccccc2)c1. The lowest BCUT2D eigenvalue weighted by Crippen LogP contribution is -2.06. The van der Waals surface area contributed by atoms with Crippen molar-refractivity contribution in [1.82, 2.24) is 0 Å². The van der Waals surface area contributed by atoms with Crippen molar-refractivity contribution in [2.45, 2.75) is 6.42 Å². The summed E-state index contributed by atoms with van der Waals surface area (Å²) in [6, 6.07) is 17.8. The second kappa shape index (κ2) is 6.46. The molecule has 3 heteroatoms. The van der Waals surface area contributed by atoms with Crippen LogP contribution in [0.4, 0.5) is 5.69 Å². The van der Waals surface area contributed by atoms with E-state index in [4.69, 9.17) is 10.00 Å². The smallest absolute Gasteiger partial charge is 0.121 e. The lowest BCUT2D eigenvalue weighted by molar-refractivity contribution is 0.415. The van der Waals surface area contributed by atoms with Crippen LogP contribution in [0.2, 0.25) is 0 Å². The van der Waals surface area contributed by atoms with Gasteiger partial charge >= 0.3 is 0 Å². The standard InChI is InChI=1S/C16H16N2O/c1-19-15-8-7-14(12-17)16(11-15)18-10-9-13-5-3-2-4-6-13/h2-8,11,18H,9-10H2,1H3. The molecule has 0 aliphatic rings. The number of rotatable bonds is 5. The first-order chi connectivity index (χ1) is 9.33. The molecule has 0 bridgehead atoms. The molecule has 0 aliphatic heterocycles. The molecule has 0 unspecified atom stereocenters. The van der Waals surface area contributed by atoms with Crippen LogP contribution in [0, 0.1) is 11.3 Å². The molecular weight excluding hydrogens is 236 g/mol. The first-order valence-electron chi connectivity index (χ1n) is 6.19. The Balaban J connectivity index is 2.01. The summed E-state index contributed by atoms with van der Waals surface area (Å²) in [5.41, 5.74) is 2.73. The van der Waals surface area contributed by atoms with Crippen LogP contribution >= 0.6 is 0 Å². The van der Waals surface area contributed by atoms with E-state index in [1.807, 2.05) is 24.3 Å². The van der Waals surface area contributed by atoms with Crippen molar-refractivity contribution in [2.75, 3.05) is 19.0 Å². The molecule has 0 atom stereocenters. The van der Waals surface area contributed by atoms with Gasteiger partial charge < -0.3 is 10.1 Å². The molecule has 1 N–H and O–H groups in total. The van der Waals surface area contributed by atoms with Gasteiger partial charge in [-0.15, -0.1) is 0 Å². The van der Waals surface area contributed by atoms with E-state index >= 15 is 0 Å². The van der Waals surface area contributed by atoms with Crippen LogP contribution in [0.25, 0.3) is 0 Å². The molecule has 0 spiro atoms. The van der Waals surface area contributed by atoms with Gasteiger partial charge in [0.05, 0.1) is 18.4 Å². The highest BCUT2D eigenvalue weighted by atomic mass is 16.5. The van der Waals surface area contributed by atoms with Gasteiger partial charge in [0.1, 0.15) is 11.8 Å². The molecule has 2 aromatic carbocycles. The Kier molecular flexibility index (Phi) is 4.41. The second-order valence-corrected chi connectivity index (χ2v) is 4.19. The predicted molar refractivity (Wildman–Crippen MR) is 76.3 cm³/mol. The summed E-state index contributed by atoms with van der Waals surface area (Å²) in [7, 11) is 1.62. The first kappa shape index (κ1) is 13.0. The van der Waals surface area contributed by atoms with Gasteiger partial charge in [0, 0.05) is 12.6 Å². The van der Waals surface area contributed by atoms with Crippen molar-refractivity contribution in [3.8, 4) is 11.8 Å². The molecule has 0 saturated heterocycles. The van der Waals surface area contributed by atoms with Gasteiger partial charge in [0.15, 0.2) is 0 Å². The molecule has 0 aliphatic carbocycles. The van der Waals surface area contributed by atoms with Crippen LogP contribution in [0.5, 0.6) is 5.75 Å². The Labute approximate surface area is 113 Å². The third-order valence-corrected chi connectivity index (χ3v) is 2.92. The van der Waals surface area contributed by atoms with Gasteiger partial charge in [-0.3, -0.25) is 0 Å². The quantitative estimate of drug-likeness (QED) is 0.888. The number of hydrogen-bond donors (Lipinski definition) is 1. The second-order valence-electron chi connectivity index (χ2n) is 4.19. The van der Waals surface area contributed by atoms with Crippen molar-refractivity contribution >= 4 is 5.69 Å². The fraction of sp³-hybridized carbons (Fsp3) is 0.188. The number of ether oxygens (including phenoxy) is 1. The highest BCUT2D eigenvalue weighted by Gasteiger charge is 2.03. The maximum atomic E-state index is 9.07. The predicted octanol–water partition coefficient (Wildman–Crippen LogP) is 3.22. The average Bonchev–Trinajstić information content (AvgIpc) is 2.48. The molecule has 0 aromatic heterocycles. The van der Waals surface area contributed by atoms with Crippen LogP contribution in [0.15, 0.2) is 48.5 Å². The average molecular weight is 252 g/mol. The van der Waals surface area contributed by atoms with E-state index in [0.717, 1.165) is 24.4 Å². The van der Waals surface area contributed by atoms with Gasteiger partial charge in [-0.25, -0.2) is 0 Å². The van der Waals surface area contributed by atoms with Crippen molar-refractivity contribution < 1.29 is 4.74 Å². The van der Waals surface area contributed by atoms with Gasteiger partial charge in [0.25, 0.3) is 0 Å². The van der Waals surface area contributed by atoms with Crippen LogP contribution < -0.4 is 10.1 Å². The lowest BCUT2D eigenvalue weighted by Gasteiger charge is -2.10. The molecular formula is C16H16N2O. The van der Waals surface area contributed by atoms with E-state index in [9.17, 15) is 0 Å². The maximum Gasteiger partial charge on any atom is 0.121 e. The Morgan fingerprint density at radius 3 is 2.63 bits per heavy atom. The van der Waals surface area contributed by atoms with Crippen molar-refractivity contribution in [3.63, 3.8) is 0 Å². The molecule has 0 amide bonds. The van der Waals surface area contributed by atoms with E-state index in [1.54, 1.807) is 19.2 Å². The number of nitrogens with zero attached hydrogens (tertiary/aromatic N) is 1. The summed E-state index contributed by atoms with van der Waals surface area (Å²) in [6.07, 6.45) is 0.920. The summed E-state index contributed by atoms with van der Waals surface area (Å²) >= 11 is 0. The van der Waals surface area contributed by atoms with Gasteiger partial charge in [-0.05, 0) is 24.1 Å². The summed E-state index contributed by atoms with van der Waals surface area (Å²) in [4.78, 5) is 0. The van der Waals surface area contributed by atoms with Crippen molar-refractivity contribution in [1.29, 1.82) is 5.26 Å². The zero-order valence-corrected chi connectivity index (χ0v) is 10.9. The highest BCUT2D eigenvalue weighted by Crippen LogP contribution is 2.21. The van der Waals surface area contributed by atoms with E-state index in [-0.39, 0.29) is 0 Å². The lowest BCUT2D eigenvalue weighted by atomic mass is 10.1. The van der Waals surface area contributed by atoms with E-state index in [1.165, 1.54) is 5.56 Å². The molecule has 2 rings (SSSR count). The number of nitriles is 1. The Morgan fingerprint density at radius 1 is 1.16 bits per heavy atom. The number of benzene rings is 2. The molecule has 3 nitrogen and oxygen atoms in total. The van der Waals surface area contributed by atoms with Crippen LogP contribution in [0.3, 0.4) is 0 Å². The van der Waals surface area contributed by atoms with E-state index < -0.39 is 0 Å². The normalized spacial score (nSPS) is 9.68. The summed E-state index contributed by atoms with van der Waals surface area (Å²) in [5, 5.41) is 12.4. The number of methoxy groups -OCH3 is 1. The summed E-state index contributed by atoms with van der Waals surface area (Å²) < 4.78 is 5.17. The zero-order valence-electron chi connectivity index (χ0n) is 10.9. The van der Waals surface area contributed by atoms with Crippen molar-refractivity contribution in [2.24, 2.45) is 0 Å². The fourth-order valence-electron chi connectivity index (χ4n) is 1.88. The first-order valence-corrected chi connectivity index (χ1v) is 6.19. The molecule has 96 valence electrons. The Hall–Kier alpha value is -2.47. The van der Waals surface area contributed by atoms with Gasteiger partial charge in [-0.2, -0.15) is 5.26 Å².